The number of aryl methyl sites for hydroxylation is 1. The lowest BCUT2D eigenvalue weighted by Crippen LogP contribution is -2.43. The van der Waals surface area contributed by atoms with Crippen LogP contribution in [0.2, 0.25) is 0 Å². The SMILES string of the molecule is CCC(Cn1c(=O)[nH]c2c(sc3nccnc32)c1=O)C1NC[C@H]2c3c(cccc3OC)CC[C@@H]12. The van der Waals surface area contributed by atoms with Crippen molar-refractivity contribution in [2.24, 2.45) is 11.8 Å². The number of hydrogen-bond acceptors (Lipinski definition) is 7. The molecule has 1 fully saturated rings. The van der Waals surface area contributed by atoms with Gasteiger partial charge in [0.05, 0.1) is 12.6 Å². The number of benzene rings is 1. The molecule has 1 aromatic carbocycles. The third-order valence-corrected chi connectivity index (χ3v) is 8.81. The van der Waals surface area contributed by atoms with Crippen molar-refractivity contribution < 1.29 is 4.74 Å². The lowest BCUT2D eigenvalue weighted by atomic mass is 9.71. The molecule has 1 saturated heterocycles. The monoisotopic (exact) mass is 477 g/mol. The Morgan fingerprint density at radius 3 is 2.94 bits per heavy atom. The van der Waals surface area contributed by atoms with Gasteiger partial charge < -0.3 is 15.0 Å². The number of hydrogen-bond donors (Lipinski definition) is 2. The molecule has 2 unspecified atom stereocenters. The van der Waals surface area contributed by atoms with Crippen LogP contribution in [-0.4, -0.2) is 39.2 Å². The van der Waals surface area contributed by atoms with Gasteiger partial charge in [0, 0.05) is 43.0 Å². The molecule has 9 heteroatoms. The fourth-order valence-corrected chi connectivity index (χ4v) is 7.14. The number of nitrogens with zero attached hydrogens (tertiary/aromatic N) is 3. The normalized spacial score (nSPS) is 22.6. The minimum absolute atomic E-state index is 0.160. The van der Waals surface area contributed by atoms with Crippen molar-refractivity contribution >= 4 is 31.9 Å². The summed E-state index contributed by atoms with van der Waals surface area (Å²) in [5.41, 5.74) is 3.13. The molecule has 4 atom stereocenters. The molecule has 3 aromatic heterocycles. The maximum Gasteiger partial charge on any atom is 0.328 e. The fourth-order valence-electron chi connectivity index (χ4n) is 6.14. The zero-order valence-electron chi connectivity index (χ0n) is 19.2. The number of aromatic nitrogens is 4. The van der Waals surface area contributed by atoms with Gasteiger partial charge in [-0.1, -0.05) is 25.5 Å². The van der Waals surface area contributed by atoms with Crippen LogP contribution in [-0.2, 0) is 13.0 Å². The largest absolute Gasteiger partial charge is 0.496 e. The average molecular weight is 478 g/mol. The summed E-state index contributed by atoms with van der Waals surface area (Å²) in [4.78, 5) is 38.6. The first-order chi connectivity index (χ1) is 16.6. The molecule has 176 valence electrons. The average Bonchev–Trinajstić information content (AvgIpc) is 3.46. The first kappa shape index (κ1) is 21.5. The first-order valence-corrected chi connectivity index (χ1v) is 12.7. The second-order valence-corrected chi connectivity index (χ2v) is 10.3. The van der Waals surface area contributed by atoms with Crippen molar-refractivity contribution in [3.63, 3.8) is 0 Å². The number of thiophene rings is 1. The molecule has 4 heterocycles. The van der Waals surface area contributed by atoms with Crippen LogP contribution < -0.4 is 21.3 Å². The molecule has 2 aliphatic rings. The highest BCUT2D eigenvalue weighted by Gasteiger charge is 2.44. The molecular weight excluding hydrogens is 450 g/mol. The number of rotatable bonds is 5. The van der Waals surface area contributed by atoms with E-state index in [9.17, 15) is 9.59 Å². The lowest BCUT2D eigenvalue weighted by Gasteiger charge is -2.34. The molecule has 2 N–H and O–H groups in total. The molecule has 0 amide bonds. The first-order valence-electron chi connectivity index (χ1n) is 11.9. The van der Waals surface area contributed by atoms with Crippen molar-refractivity contribution in [3.8, 4) is 5.75 Å². The highest BCUT2D eigenvalue weighted by molar-refractivity contribution is 7.25. The molecule has 1 aliphatic carbocycles. The van der Waals surface area contributed by atoms with E-state index in [1.54, 1.807) is 19.5 Å². The van der Waals surface area contributed by atoms with E-state index in [4.69, 9.17) is 4.74 Å². The van der Waals surface area contributed by atoms with E-state index < -0.39 is 0 Å². The van der Waals surface area contributed by atoms with Gasteiger partial charge in [-0.05, 0) is 36.3 Å². The zero-order valence-corrected chi connectivity index (χ0v) is 20.0. The Balaban J connectivity index is 1.35. The van der Waals surface area contributed by atoms with Crippen LogP contribution in [0.15, 0.2) is 40.2 Å². The van der Waals surface area contributed by atoms with Crippen LogP contribution in [0.5, 0.6) is 5.75 Å². The Morgan fingerprint density at radius 2 is 2.12 bits per heavy atom. The number of nitrogens with one attached hydrogen (secondary N) is 2. The van der Waals surface area contributed by atoms with Gasteiger partial charge in [-0.3, -0.25) is 9.36 Å². The summed E-state index contributed by atoms with van der Waals surface area (Å²) < 4.78 is 7.59. The zero-order chi connectivity index (χ0) is 23.4. The van der Waals surface area contributed by atoms with Crippen LogP contribution in [0.4, 0.5) is 0 Å². The van der Waals surface area contributed by atoms with Crippen LogP contribution in [0, 0.1) is 11.8 Å². The van der Waals surface area contributed by atoms with Crippen molar-refractivity contribution in [2.45, 2.75) is 44.7 Å². The molecule has 0 spiro atoms. The predicted molar refractivity (Wildman–Crippen MR) is 133 cm³/mol. The molecule has 8 nitrogen and oxygen atoms in total. The molecule has 6 rings (SSSR count). The second-order valence-electron chi connectivity index (χ2n) is 9.31. The Kier molecular flexibility index (Phi) is 5.26. The number of aromatic amines is 1. The molecule has 1 aliphatic heterocycles. The van der Waals surface area contributed by atoms with Gasteiger partial charge in [-0.25, -0.2) is 14.8 Å². The van der Waals surface area contributed by atoms with Gasteiger partial charge in [-0.2, -0.15) is 0 Å². The number of ether oxygens (including phenoxy) is 1. The Labute approximate surface area is 200 Å². The van der Waals surface area contributed by atoms with Crippen LogP contribution >= 0.6 is 11.3 Å². The van der Waals surface area contributed by atoms with Gasteiger partial charge in [0.15, 0.2) is 0 Å². The summed E-state index contributed by atoms with van der Waals surface area (Å²) in [6.07, 6.45) is 6.17. The Bertz CT molecular complexity index is 1490. The second kappa shape index (κ2) is 8.32. The van der Waals surface area contributed by atoms with E-state index in [-0.39, 0.29) is 23.2 Å². The summed E-state index contributed by atoms with van der Waals surface area (Å²) in [5.74, 6) is 1.96. The number of H-pyrrole nitrogens is 1. The van der Waals surface area contributed by atoms with Gasteiger partial charge in [0.25, 0.3) is 5.56 Å². The standard InChI is InChI=1S/C25H27N5O3S/c1-3-13(19-15-8-7-14-5-4-6-17(33-2)18(14)16(15)11-28-19)12-30-24(31)22-20(29-25(30)32)21-23(34-22)27-10-9-26-21/h4-6,9-10,13,15-16,19,28H,3,7-8,11-12H2,1-2H3,(H,29,32)/t13?,15-,16-,19?/m1/s1. The minimum Gasteiger partial charge on any atom is -0.496 e. The van der Waals surface area contributed by atoms with Crippen LogP contribution in [0.1, 0.15) is 36.8 Å². The maximum absolute atomic E-state index is 13.4. The van der Waals surface area contributed by atoms with Crippen LogP contribution in [0.25, 0.3) is 20.6 Å². The molecule has 34 heavy (non-hydrogen) atoms. The fraction of sp³-hybridized carbons (Fsp3) is 0.440. The van der Waals surface area contributed by atoms with Gasteiger partial charge in [0.2, 0.25) is 0 Å². The van der Waals surface area contributed by atoms with Crippen molar-refractivity contribution in [2.75, 3.05) is 13.7 Å². The van der Waals surface area contributed by atoms with Crippen molar-refractivity contribution in [3.05, 3.63) is 62.6 Å². The Morgan fingerprint density at radius 1 is 1.26 bits per heavy atom. The topological polar surface area (TPSA) is 102 Å². The summed E-state index contributed by atoms with van der Waals surface area (Å²) in [6, 6.07) is 6.57. The van der Waals surface area contributed by atoms with Crippen molar-refractivity contribution in [1.29, 1.82) is 0 Å². The summed E-state index contributed by atoms with van der Waals surface area (Å²) in [5, 5.41) is 3.76. The van der Waals surface area contributed by atoms with E-state index in [0.717, 1.165) is 31.6 Å². The van der Waals surface area contributed by atoms with Gasteiger partial charge >= 0.3 is 5.69 Å². The summed E-state index contributed by atoms with van der Waals surface area (Å²) in [6.45, 7) is 3.41. The van der Waals surface area contributed by atoms with E-state index in [1.165, 1.54) is 27.0 Å². The number of methoxy groups -OCH3 is 1. The quantitative estimate of drug-likeness (QED) is 0.458. The highest BCUT2D eigenvalue weighted by atomic mass is 32.1. The van der Waals surface area contributed by atoms with Gasteiger partial charge in [0.1, 0.15) is 20.8 Å². The van der Waals surface area contributed by atoms with E-state index in [0.29, 0.717) is 38.9 Å². The maximum atomic E-state index is 13.4. The van der Waals surface area contributed by atoms with Crippen LogP contribution in [0.3, 0.4) is 0 Å². The molecule has 4 aromatic rings. The van der Waals surface area contributed by atoms with E-state index in [1.807, 2.05) is 0 Å². The highest BCUT2D eigenvalue weighted by Crippen LogP contribution is 2.47. The lowest BCUT2D eigenvalue weighted by molar-refractivity contribution is 0.248. The Hall–Kier alpha value is -3.04. The molecule has 0 saturated carbocycles. The van der Waals surface area contributed by atoms with E-state index in [2.05, 4.69) is 45.4 Å². The van der Waals surface area contributed by atoms with E-state index >= 15 is 0 Å². The third kappa shape index (κ3) is 3.21. The van der Waals surface area contributed by atoms with Crippen molar-refractivity contribution in [1.82, 2.24) is 24.8 Å². The summed E-state index contributed by atoms with van der Waals surface area (Å²) >= 11 is 1.29. The van der Waals surface area contributed by atoms with Gasteiger partial charge in [-0.15, -0.1) is 11.3 Å². The third-order valence-electron chi connectivity index (χ3n) is 7.74. The predicted octanol–water partition coefficient (Wildman–Crippen LogP) is 3.05. The smallest absolute Gasteiger partial charge is 0.328 e. The minimum atomic E-state index is -0.383. The molecule has 0 radical (unpaired) electrons. The molecular formula is C25H27N5O3S. The molecule has 0 bridgehead atoms. The number of fused-ring (bicyclic) bond motifs is 6. The summed E-state index contributed by atoms with van der Waals surface area (Å²) in [7, 11) is 1.74.